The minimum atomic E-state index is 0.251. The standard InChI is InChI=1S/C12H16N4O/c1-12-5-10(7-15(12)2)16(8-12)9-3-4-11(14-17)13-6-9/h3-4,6,10H,5,7-8H2,1-2H3. The van der Waals surface area contributed by atoms with Crippen molar-refractivity contribution in [3.8, 4) is 0 Å². The molecule has 1 aromatic rings. The molecular formula is C12H16N4O. The van der Waals surface area contributed by atoms with Gasteiger partial charge in [-0.1, -0.05) is 0 Å². The summed E-state index contributed by atoms with van der Waals surface area (Å²) in [5.74, 6) is 0.251. The first-order chi connectivity index (χ1) is 8.12. The predicted molar refractivity (Wildman–Crippen MR) is 66.5 cm³/mol. The van der Waals surface area contributed by atoms with Crippen LogP contribution >= 0.6 is 0 Å². The van der Waals surface area contributed by atoms with Crippen LogP contribution in [0.3, 0.4) is 0 Å². The van der Waals surface area contributed by atoms with E-state index in [1.807, 2.05) is 6.07 Å². The van der Waals surface area contributed by atoms with Crippen LogP contribution in [0, 0.1) is 4.91 Å². The fourth-order valence-electron chi connectivity index (χ4n) is 3.06. The van der Waals surface area contributed by atoms with Crippen molar-refractivity contribution < 1.29 is 0 Å². The summed E-state index contributed by atoms with van der Waals surface area (Å²) in [5, 5.41) is 2.82. The van der Waals surface area contributed by atoms with Gasteiger partial charge in [-0.25, -0.2) is 4.98 Å². The quantitative estimate of drug-likeness (QED) is 0.729. The highest BCUT2D eigenvalue weighted by molar-refractivity contribution is 5.51. The smallest absolute Gasteiger partial charge is 0.196 e. The average molecular weight is 232 g/mol. The van der Waals surface area contributed by atoms with Crippen LogP contribution in [-0.2, 0) is 0 Å². The van der Waals surface area contributed by atoms with Gasteiger partial charge in [-0.3, -0.25) is 4.90 Å². The second kappa shape index (κ2) is 3.50. The van der Waals surface area contributed by atoms with Gasteiger partial charge >= 0.3 is 0 Å². The first-order valence-corrected chi connectivity index (χ1v) is 5.90. The van der Waals surface area contributed by atoms with E-state index in [-0.39, 0.29) is 11.4 Å². The Labute approximate surface area is 100 Å². The fourth-order valence-corrected chi connectivity index (χ4v) is 3.06. The van der Waals surface area contributed by atoms with Gasteiger partial charge in [-0.15, -0.1) is 4.91 Å². The number of hydrogen-bond donors (Lipinski definition) is 0. The molecule has 90 valence electrons. The van der Waals surface area contributed by atoms with Crippen molar-refractivity contribution in [2.24, 2.45) is 5.18 Å². The zero-order chi connectivity index (χ0) is 12.0. The van der Waals surface area contributed by atoms with Crippen molar-refractivity contribution in [1.82, 2.24) is 9.88 Å². The lowest BCUT2D eigenvalue weighted by molar-refractivity contribution is 0.194. The van der Waals surface area contributed by atoms with E-state index in [9.17, 15) is 4.91 Å². The normalized spacial score (nSPS) is 32.1. The van der Waals surface area contributed by atoms with E-state index in [0.29, 0.717) is 6.04 Å². The fraction of sp³-hybridized carbons (Fsp3) is 0.583. The Kier molecular flexibility index (Phi) is 2.19. The maximum atomic E-state index is 10.3. The van der Waals surface area contributed by atoms with Gasteiger partial charge in [0.15, 0.2) is 5.82 Å². The van der Waals surface area contributed by atoms with Crippen molar-refractivity contribution in [2.75, 3.05) is 25.0 Å². The maximum Gasteiger partial charge on any atom is 0.196 e. The number of likely N-dealkylation sites (tertiary alicyclic amines) is 1. The number of piperazine rings is 1. The van der Waals surface area contributed by atoms with E-state index in [1.54, 1.807) is 12.3 Å². The summed E-state index contributed by atoms with van der Waals surface area (Å²) in [4.78, 5) is 19.2. The molecule has 0 spiro atoms. The highest BCUT2D eigenvalue weighted by Crippen LogP contribution is 2.40. The summed E-state index contributed by atoms with van der Waals surface area (Å²) in [5.41, 5.74) is 1.38. The molecule has 0 aliphatic carbocycles. The van der Waals surface area contributed by atoms with Crippen LogP contribution in [0.25, 0.3) is 0 Å². The lowest BCUT2D eigenvalue weighted by atomic mass is 10.0. The van der Waals surface area contributed by atoms with Crippen molar-refractivity contribution in [3.05, 3.63) is 23.2 Å². The van der Waals surface area contributed by atoms with Gasteiger partial charge in [-0.2, -0.15) is 0 Å². The Bertz CT molecular complexity index is 446. The van der Waals surface area contributed by atoms with E-state index in [1.165, 1.54) is 6.42 Å². The van der Waals surface area contributed by atoms with Crippen molar-refractivity contribution in [3.63, 3.8) is 0 Å². The van der Waals surface area contributed by atoms with Crippen LogP contribution in [0.1, 0.15) is 13.3 Å². The van der Waals surface area contributed by atoms with Gasteiger partial charge in [0.1, 0.15) is 0 Å². The van der Waals surface area contributed by atoms with E-state index >= 15 is 0 Å². The Hall–Kier alpha value is -1.49. The number of fused-ring (bicyclic) bond motifs is 2. The summed E-state index contributed by atoms with van der Waals surface area (Å²) in [6.45, 7) is 4.44. The maximum absolute atomic E-state index is 10.3. The molecule has 0 aromatic carbocycles. The number of hydrogen-bond acceptors (Lipinski definition) is 5. The molecular weight excluding hydrogens is 216 g/mol. The first-order valence-electron chi connectivity index (χ1n) is 5.90. The van der Waals surface area contributed by atoms with Crippen LogP contribution in [-0.4, -0.2) is 41.6 Å². The van der Waals surface area contributed by atoms with Gasteiger partial charge < -0.3 is 4.90 Å². The molecule has 5 nitrogen and oxygen atoms in total. The van der Waals surface area contributed by atoms with Crippen molar-refractivity contribution >= 4 is 11.5 Å². The third-order valence-electron chi connectivity index (χ3n) is 4.19. The van der Waals surface area contributed by atoms with Gasteiger partial charge in [0.05, 0.1) is 11.9 Å². The number of likely N-dealkylation sites (N-methyl/N-ethyl adjacent to an activating group) is 1. The van der Waals surface area contributed by atoms with Crippen molar-refractivity contribution in [1.29, 1.82) is 0 Å². The predicted octanol–water partition coefficient (Wildman–Crippen LogP) is 1.76. The van der Waals surface area contributed by atoms with Crippen LogP contribution < -0.4 is 4.90 Å². The molecule has 2 unspecified atom stereocenters. The molecule has 2 saturated heterocycles. The molecule has 2 atom stereocenters. The molecule has 3 heterocycles. The number of aromatic nitrogens is 1. The molecule has 2 aliphatic heterocycles. The van der Waals surface area contributed by atoms with Crippen LogP contribution in [0.5, 0.6) is 0 Å². The third-order valence-corrected chi connectivity index (χ3v) is 4.19. The highest BCUT2D eigenvalue weighted by Gasteiger charge is 2.49. The SMILES string of the molecule is CN1CC2CC1(C)CN2c1ccc(N=O)nc1. The Balaban J connectivity index is 1.85. The van der Waals surface area contributed by atoms with E-state index in [0.717, 1.165) is 18.8 Å². The molecule has 2 fully saturated rings. The molecule has 5 heteroatoms. The minimum absolute atomic E-state index is 0.251. The second-order valence-corrected chi connectivity index (χ2v) is 5.33. The number of nitrogens with zero attached hydrogens (tertiary/aromatic N) is 4. The average Bonchev–Trinajstić information content (AvgIpc) is 2.81. The molecule has 0 N–H and O–H groups in total. The van der Waals surface area contributed by atoms with Gasteiger partial charge in [-0.05, 0) is 37.7 Å². The Morgan fingerprint density at radius 2 is 2.35 bits per heavy atom. The summed E-state index contributed by atoms with van der Waals surface area (Å²) >= 11 is 0. The lowest BCUT2D eigenvalue weighted by Gasteiger charge is -2.38. The second-order valence-electron chi connectivity index (χ2n) is 5.33. The van der Waals surface area contributed by atoms with Crippen LogP contribution in [0.2, 0.25) is 0 Å². The molecule has 17 heavy (non-hydrogen) atoms. The van der Waals surface area contributed by atoms with E-state index < -0.39 is 0 Å². The summed E-state index contributed by atoms with van der Waals surface area (Å²) < 4.78 is 0. The first kappa shape index (κ1) is 10.7. The molecule has 1 aromatic heterocycles. The molecule has 0 saturated carbocycles. The van der Waals surface area contributed by atoms with Crippen molar-refractivity contribution in [2.45, 2.75) is 24.9 Å². The number of rotatable bonds is 2. The zero-order valence-corrected chi connectivity index (χ0v) is 10.1. The number of pyridine rings is 1. The molecule has 0 radical (unpaired) electrons. The summed E-state index contributed by atoms with van der Waals surface area (Å²) in [6, 6.07) is 4.19. The summed E-state index contributed by atoms with van der Waals surface area (Å²) in [6.07, 6.45) is 2.96. The Morgan fingerprint density at radius 3 is 2.82 bits per heavy atom. The minimum Gasteiger partial charge on any atom is -0.364 e. The van der Waals surface area contributed by atoms with Crippen LogP contribution in [0.4, 0.5) is 11.5 Å². The van der Waals surface area contributed by atoms with Gasteiger partial charge in [0.2, 0.25) is 0 Å². The van der Waals surface area contributed by atoms with Gasteiger partial charge in [0.25, 0.3) is 0 Å². The Morgan fingerprint density at radius 1 is 1.53 bits per heavy atom. The van der Waals surface area contributed by atoms with Crippen LogP contribution in [0.15, 0.2) is 23.5 Å². The number of anilines is 1. The molecule has 2 aliphatic rings. The molecule has 2 bridgehead atoms. The molecule has 3 rings (SSSR count). The lowest BCUT2D eigenvalue weighted by Crippen LogP contribution is -2.50. The number of nitroso groups, excluding NO2 is 1. The molecule has 0 amide bonds. The highest BCUT2D eigenvalue weighted by atomic mass is 16.3. The van der Waals surface area contributed by atoms with E-state index in [4.69, 9.17) is 0 Å². The monoisotopic (exact) mass is 232 g/mol. The zero-order valence-electron chi connectivity index (χ0n) is 10.1. The van der Waals surface area contributed by atoms with Gasteiger partial charge in [0, 0.05) is 24.7 Å². The van der Waals surface area contributed by atoms with E-state index in [2.05, 4.69) is 33.9 Å². The topological polar surface area (TPSA) is 48.8 Å². The largest absolute Gasteiger partial charge is 0.364 e. The summed E-state index contributed by atoms with van der Waals surface area (Å²) in [7, 11) is 2.19. The third kappa shape index (κ3) is 1.53.